The number of nitrogens with zero attached hydrogens (tertiary/aromatic N) is 4. The topological polar surface area (TPSA) is 95.6 Å². The molecule has 0 saturated heterocycles. The lowest BCUT2D eigenvalue weighted by molar-refractivity contribution is 1.09. The number of nitrogen functional groups attached to an aromatic ring is 2. The van der Waals surface area contributed by atoms with Crippen LogP contribution in [0, 0.1) is 0 Å². The normalized spacial score (nSPS) is 10.8. The summed E-state index contributed by atoms with van der Waals surface area (Å²) in [6.45, 7) is 0. The van der Waals surface area contributed by atoms with Crippen LogP contribution in [0.25, 0.3) is 16.9 Å². The Kier molecular flexibility index (Phi) is 1.94. The maximum atomic E-state index is 5.83. The Morgan fingerprint density at radius 3 is 2.47 bits per heavy atom. The lowest BCUT2D eigenvalue weighted by Crippen LogP contribution is -1.98. The minimum absolute atomic E-state index is 0.407. The third-order valence-corrected chi connectivity index (χ3v) is 2.54. The molecule has 0 aliphatic rings. The summed E-state index contributed by atoms with van der Waals surface area (Å²) in [5, 5.41) is 0. The van der Waals surface area contributed by atoms with E-state index in [4.69, 9.17) is 11.5 Å². The molecule has 17 heavy (non-hydrogen) atoms. The highest BCUT2D eigenvalue weighted by Gasteiger charge is 2.09. The van der Waals surface area contributed by atoms with Crippen molar-refractivity contribution in [3.63, 3.8) is 0 Å². The van der Waals surface area contributed by atoms with E-state index in [1.807, 2.05) is 28.8 Å². The number of anilines is 2. The van der Waals surface area contributed by atoms with Crippen molar-refractivity contribution in [2.45, 2.75) is 0 Å². The molecule has 0 atom stereocenters. The zero-order chi connectivity index (χ0) is 11.8. The van der Waals surface area contributed by atoms with Gasteiger partial charge in [-0.15, -0.1) is 0 Å². The average Bonchev–Trinajstić information content (AvgIpc) is 2.75. The van der Waals surface area contributed by atoms with Crippen LogP contribution in [-0.4, -0.2) is 19.5 Å². The lowest BCUT2D eigenvalue weighted by atomic mass is 10.3. The van der Waals surface area contributed by atoms with Crippen molar-refractivity contribution in [3.05, 3.63) is 36.9 Å². The van der Waals surface area contributed by atoms with E-state index >= 15 is 0 Å². The summed E-state index contributed by atoms with van der Waals surface area (Å²) in [5.74, 6) is 0.407. The molecule has 0 spiro atoms. The summed E-state index contributed by atoms with van der Waals surface area (Å²) in [5.41, 5.74) is 14.4. The van der Waals surface area contributed by atoms with Gasteiger partial charge in [0.1, 0.15) is 18.2 Å². The summed E-state index contributed by atoms with van der Waals surface area (Å²) < 4.78 is 1.84. The number of imidazole rings is 1. The Morgan fingerprint density at radius 1 is 0.941 bits per heavy atom. The fraction of sp³-hybridized carbons (Fsp3) is 0. The van der Waals surface area contributed by atoms with Gasteiger partial charge in [-0.25, -0.2) is 15.0 Å². The van der Waals surface area contributed by atoms with Crippen molar-refractivity contribution < 1.29 is 0 Å². The molecule has 0 aliphatic heterocycles. The monoisotopic (exact) mass is 226 g/mol. The maximum absolute atomic E-state index is 5.83. The van der Waals surface area contributed by atoms with Crippen molar-refractivity contribution in [3.8, 4) is 5.69 Å². The Bertz CT molecular complexity index is 670. The molecule has 3 rings (SSSR count). The second kappa shape index (κ2) is 3.44. The predicted molar refractivity (Wildman–Crippen MR) is 65.5 cm³/mol. The first-order valence-electron chi connectivity index (χ1n) is 5.05. The zero-order valence-electron chi connectivity index (χ0n) is 8.91. The van der Waals surface area contributed by atoms with E-state index in [1.54, 1.807) is 6.33 Å². The van der Waals surface area contributed by atoms with Gasteiger partial charge >= 0.3 is 0 Å². The highest BCUT2D eigenvalue weighted by molar-refractivity contribution is 5.83. The molecule has 6 nitrogen and oxygen atoms in total. The Balaban J connectivity index is 2.27. The number of nitrogens with two attached hydrogens (primary N) is 2. The molecule has 1 aromatic carbocycles. The van der Waals surface area contributed by atoms with E-state index in [0.717, 1.165) is 5.69 Å². The van der Waals surface area contributed by atoms with Gasteiger partial charge in [-0.2, -0.15) is 0 Å². The highest BCUT2D eigenvalue weighted by atomic mass is 15.1. The molecule has 4 N–H and O–H groups in total. The zero-order valence-corrected chi connectivity index (χ0v) is 8.91. The fourth-order valence-electron chi connectivity index (χ4n) is 1.71. The lowest BCUT2D eigenvalue weighted by Gasteiger charge is -2.05. The summed E-state index contributed by atoms with van der Waals surface area (Å²) in [4.78, 5) is 12.2. The minimum atomic E-state index is 0.407. The predicted octanol–water partition coefficient (Wildman–Crippen LogP) is 0.980. The van der Waals surface area contributed by atoms with Crippen LogP contribution in [0.2, 0.25) is 0 Å². The largest absolute Gasteiger partial charge is 0.399 e. The molecule has 0 amide bonds. The van der Waals surface area contributed by atoms with Crippen LogP contribution in [0.3, 0.4) is 0 Å². The van der Waals surface area contributed by atoms with Crippen LogP contribution in [0.1, 0.15) is 0 Å². The molecule has 0 unspecified atom stereocenters. The number of aromatic nitrogens is 4. The fourth-order valence-corrected chi connectivity index (χ4v) is 1.71. The van der Waals surface area contributed by atoms with Crippen LogP contribution in [0.5, 0.6) is 0 Å². The molecule has 2 heterocycles. The van der Waals surface area contributed by atoms with Gasteiger partial charge < -0.3 is 11.5 Å². The second-order valence-corrected chi connectivity index (χ2v) is 3.64. The first kappa shape index (κ1) is 9.59. The molecular weight excluding hydrogens is 216 g/mol. The van der Waals surface area contributed by atoms with Gasteiger partial charge in [-0.05, 0) is 24.3 Å². The van der Waals surface area contributed by atoms with Gasteiger partial charge in [0.2, 0.25) is 0 Å². The highest BCUT2D eigenvalue weighted by Crippen LogP contribution is 2.20. The third kappa shape index (κ3) is 1.46. The van der Waals surface area contributed by atoms with Gasteiger partial charge in [0.25, 0.3) is 0 Å². The maximum Gasteiger partial charge on any atom is 0.183 e. The van der Waals surface area contributed by atoms with Crippen molar-refractivity contribution in [2.24, 2.45) is 0 Å². The van der Waals surface area contributed by atoms with Gasteiger partial charge in [-0.1, -0.05) is 0 Å². The molecule has 0 saturated carbocycles. The summed E-state index contributed by atoms with van der Waals surface area (Å²) in [7, 11) is 0. The quantitative estimate of drug-likeness (QED) is 0.603. The first-order valence-corrected chi connectivity index (χ1v) is 5.05. The van der Waals surface area contributed by atoms with E-state index in [9.17, 15) is 0 Å². The first-order chi connectivity index (χ1) is 8.25. The van der Waals surface area contributed by atoms with Crippen LogP contribution < -0.4 is 11.5 Å². The number of hydrogen-bond donors (Lipinski definition) is 2. The minimum Gasteiger partial charge on any atom is -0.399 e. The SMILES string of the molecule is Nc1ccc(-n2cnc3ncnc(N)c32)cc1. The van der Waals surface area contributed by atoms with Crippen LogP contribution in [-0.2, 0) is 0 Å². The number of rotatable bonds is 1. The standard InChI is InChI=1S/C11H10N6/c12-7-1-3-8(4-2-7)17-6-16-11-9(17)10(13)14-5-15-11/h1-6H,12H2,(H2,13,14,15). The van der Waals surface area contributed by atoms with E-state index in [-0.39, 0.29) is 0 Å². The molecular formula is C11H10N6. The molecule has 3 aromatic rings. The van der Waals surface area contributed by atoms with E-state index in [2.05, 4.69) is 15.0 Å². The second-order valence-electron chi connectivity index (χ2n) is 3.64. The number of benzene rings is 1. The van der Waals surface area contributed by atoms with Crippen LogP contribution in [0.15, 0.2) is 36.9 Å². The smallest absolute Gasteiger partial charge is 0.183 e. The van der Waals surface area contributed by atoms with Crippen molar-refractivity contribution >= 4 is 22.7 Å². The van der Waals surface area contributed by atoms with E-state index in [1.165, 1.54) is 6.33 Å². The third-order valence-electron chi connectivity index (χ3n) is 2.54. The van der Waals surface area contributed by atoms with Gasteiger partial charge in [-0.3, -0.25) is 4.57 Å². The summed E-state index contributed by atoms with van der Waals surface area (Å²) >= 11 is 0. The molecule has 0 bridgehead atoms. The molecule has 6 heteroatoms. The molecule has 0 aliphatic carbocycles. The van der Waals surface area contributed by atoms with Crippen LogP contribution in [0.4, 0.5) is 11.5 Å². The number of hydrogen-bond acceptors (Lipinski definition) is 5. The summed E-state index contributed by atoms with van der Waals surface area (Å²) in [6, 6.07) is 7.42. The molecule has 84 valence electrons. The molecule has 0 fully saturated rings. The van der Waals surface area contributed by atoms with E-state index < -0.39 is 0 Å². The Hall–Kier alpha value is -2.63. The Labute approximate surface area is 96.9 Å². The van der Waals surface area contributed by atoms with Gasteiger partial charge in [0.15, 0.2) is 11.5 Å². The Morgan fingerprint density at radius 2 is 1.71 bits per heavy atom. The van der Waals surface area contributed by atoms with Crippen LogP contribution >= 0.6 is 0 Å². The average molecular weight is 226 g/mol. The summed E-state index contributed by atoms with van der Waals surface area (Å²) in [6.07, 6.45) is 3.07. The van der Waals surface area contributed by atoms with Gasteiger partial charge in [0.05, 0.1) is 0 Å². The van der Waals surface area contributed by atoms with Gasteiger partial charge in [0, 0.05) is 11.4 Å². The van der Waals surface area contributed by atoms with Crippen molar-refractivity contribution in [1.82, 2.24) is 19.5 Å². The van der Waals surface area contributed by atoms with E-state index in [0.29, 0.717) is 22.7 Å². The van der Waals surface area contributed by atoms with Crippen molar-refractivity contribution in [1.29, 1.82) is 0 Å². The number of fused-ring (bicyclic) bond motifs is 1. The molecule has 2 aromatic heterocycles. The molecule has 0 radical (unpaired) electrons. The van der Waals surface area contributed by atoms with Crippen molar-refractivity contribution in [2.75, 3.05) is 11.5 Å².